The zero-order valence-electron chi connectivity index (χ0n) is 15.0. The van der Waals surface area contributed by atoms with Crippen LogP contribution in [0.2, 0.25) is 0 Å². The molecule has 0 unspecified atom stereocenters. The van der Waals surface area contributed by atoms with Crippen LogP contribution in [-0.4, -0.2) is 48.7 Å². The Hall–Kier alpha value is -3.04. The van der Waals surface area contributed by atoms with E-state index in [9.17, 15) is 9.50 Å². The zero-order valence-corrected chi connectivity index (χ0v) is 15.0. The fourth-order valence-corrected chi connectivity index (χ4v) is 3.60. The third kappa shape index (κ3) is 2.88. The quantitative estimate of drug-likeness (QED) is 0.501. The zero-order chi connectivity index (χ0) is 19.1. The number of aliphatic hydroxyl groups excluding tert-OH is 1. The van der Waals surface area contributed by atoms with E-state index in [1.807, 2.05) is 0 Å². The van der Waals surface area contributed by atoms with E-state index in [4.69, 9.17) is 4.74 Å². The van der Waals surface area contributed by atoms with Gasteiger partial charge in [-0.3, -0.25) is 4.40 Å². The normalized spacial score (nSPS) is 15.5. The molecule has 0 saturated carbocycles. The van der Waals surface area contributed by atoms with E-state index in [-0.39, 0.29) is 12.3 Å². The molecule has 1 fully saturated rings. The van der Waals surface area contributed by atoms with E-state index in [1.54, 1.807) is 23.0 Å². The lowest BCUT2D eigenvalue weighted by atomic mass is 10.1. The minimum Gasteiger partial charge on any atom is -0.390 e. The van der Waals surface area contributed by atoms with E-state index >= 15 is 0 Å². The maximum Gasteiger partial charge on any atom is 0.224 e. The van der Waals surface area contributed by atoms with Crippen molar-refractivity contribution in [2.75, 3.05) is 18.5 Å². The van der Waals surface area contributed by atoms with Gasteiger partial charge in [0.05, 0.1) is 18.5 Å². The standard InChI is InChI=1S/C19H19FN6O2/c20-16-5-11(9-26-13(10-27)6-22-18(16)26)14-7-21-17-15(14)8-23-19(25-17)24-12-1-3-28-4-2-12/h5-9,12,27H,1-4,10H2,(H2,21,23,24,25). The number of halogens is 1. The molecule has 8 nitrogen and oxygen atoms in total. The van der Waals surface area contributed by atoms with Crippen LogP contribution in [0.4, 0.5) is 10.3 Å². The Morgan fingerprint density at radius 3 is 2.96 bits per heavy atom. The molecule has 3 N–H and O–H groups in total. The van der Waals surface area contributed by atoms with E-state index in [0.29, 0.717) is 28.9 Å². The first-order valence-electron chi connectivity index (χ1n) is 9.18. The van der Waals surface area contributed by atoms with Gasteiger partial charge in [-0.1, -0.05) is 0 Å². The molecule has 0 radical (unpaired) electrons. The molecule has 5 heterocycles. The number of anilines is 1. The summed E-state index contributed by atoms with van der Waals surface area (Å²) >= 11 is 0. The van der Waals surface area contributed by atoms with Gasteiger partial charge in [-0.05, 0) is 18.9 Å². The Bertz CT molecular complexity index is 1150. The number of aliphatic hydroxyl groups is 1. The fraction of sp³-hybridized carbons (Fsp3) is 0.316. The predicted molar refractivity (Wildman–Crippen MR) is 101 cm³/mol. The summed E-state index contributed by atoms with van der Waals surface area (Å²) in [6.07, 6.45) is 8.60. The van der Waals surface area contributed by atoms with Crippen LogP contribution in [0, 0.1) is 5.82 Å². The number of pyridine rings is 1. The summed E-state index contributed by atoms with van der Waals surface area (Å²) < 4.78 is 21.4. The smallest absolute Gasteiger partial charge is 0.224 e. The van der Waals surface area contributed by atoms with Crippen LogP contribution >= 0.6 is 0 Å². The first-order chi connectivity index (χ1) is 13.7. The van der Waals surface area contributed by atoms with Gasteiger partial charge >= 0.3 is 0 Å². The maximum atomic E-state index is 14.5. The van der Waals surface area contributed by atoms with E-state index < -0.39 is 5.82 Å². The molecule has 28 heavy (non-hydrogen) atoms. The lowest BCUT2D eigenvalue weighted by molar-refractivity contribution is 0.0903. The molecule has 0 atom stereocenters. The molecular weight excluding hydrogens is 363 g/mol. The Kier molecular flexibility index (Phi) is 4.18. The van der Waals surface area contributed by atoms with Crippen LogP contribution < -0.4 is 5.32 Å². The first-order valence-corrected chi connectivity index (χ1v) is 9.18. The molecule has 1 saturated heterocycles. The van der Waals surface area contributed by atoms with Crippen LogP contribution in [0.1, 0.15) is 18.5 Å². The van der Waals surface area contributed by atoms with Gasteiger partial charge in [0.15, 0.2) is 11.5 Å². The second-order valence-electron chi connectivity index (χ2n) is 6.87. The molecule has 144 valence electrons. The number of hydrogen-bond acceptors (Lipinski definition) is 6. The van der Waals surface area contributed by atoms with Crippen LogP contribution in [0.3, 0.4) is 0 Å². The third-order valence-electron chi connectivity index (χ3n) is 5.10. The molecule has 1 aliphatic heterocycles. The molecule has 0 aromatic carbocycles. The Morgan fingerprint density at radius 1 is 1.29 bits per heavy atom. The van der Waals surface area contributed by atoms with Crippen LogP contribution in [0.5, 0.6) is 0 Å². The number of nitrogens with one attached hydrogen (secondary N) is 2. The van der Waals surface area contributed by atoms with Gasteiger partial charge in [-0.2, -0.15) is 4.98 Å². The lowest BCUT2D eigenvalue weighted by Gasteiger charge is -2.22. The van der Waals surface area contributed by atoms with Crippen molar-refractivity contribution in [3.05, 3.63) is 42.4 Å². The molecule has 0 spiro atoms. The average Bonchev–Trinajstić information content (AvgIpc) is 3.32. The number of nitrogens with zero attached hydrogens (tertiary/aromatic N) is 4. The predicted octanol–water partition coefficient (Wildman–Crippen LogP) is 2.49. The van der Waals surface area contributed by atoms with Crippen LogP contribution in [-0.2, 0) is 11.3 Å². The van der Waals surface area contributed by atoms with E-state index in [0.717, 1.165) is 37.0 Å². The molecule has 0 amide bonds. The summed E-state index contributed by atoms with van der Waals surface area (Å²) in [6.45, 7) is 1.26. The molecular formula is C19H19FN6O2. The van der Waals surface area contributed by atoms with Crippen LogP contribution in [0.25, 0.3) is 27.8 Å². The fourth-order valence-electron chi connectivity index (χ4n) is 3.60. The van der Waals surface area contributed by atoms with Crippen molar-refractivity contribution < 1.29 is 14.2 Å². The summed E-state index contributed by atoms with van der Waals surface area (Å²) in [4.78, 5) is 16.1. The molecule has 0 bridgehead atoms. The largest absolute Gasteiger partial charge is 0.390 e. The van der Waals surface area contributed by atoms with Crippen molar-refractivity contribution >= 4 is 22.6 Å². The number of H-pyrrole nitrogens is 1. The highest BCUT2D eigenvalue weighted by Gasteiger charge is 2.17. The topological polar surface area (TPSA) is 100 Å². The number of imidazole rings is 1. The second-order valence-corrected chi connectivity index (χ2v) is 6.87. The van der Waals surface area contributed by atoms with Crippen molar-refractivity contribution in [3.63, 3.8) is 0 Å². The highest BCUT2D eigenvalue weighted by molar-refractivity contribution is 5.93. The summed E-state index contributed by atoms with van der Waals surface area (Å²) in [5.41, 5.74) is 2.82. The second kappa shape index (κ2) is 6.84. The average molecular weight is 382 g/mol. The number of aromatic amines is 1. The monoisotopic (exact) mass is 382 g/mol. The van der Waals surface area contributed by atoms with Gasteiger partial charge < -0.3 is 20.1 Å². The Morgan fingerprint density at radius 2 is 2.14 bits per heavy atom. The Balaban J connectivity index is 1.52. The van der Waals surface area contributed by atoms with Crippen molar-refractivity contribution in [2.24, 2.45) is 0 Å². The molecule has 4 aromatic rings. The number of fused-ring (bicyclic) bond motifs is 2. The minimum absolute atomic E-state index is 0.187. The number of hydrogen-bond donors (Lipinski definition) is 3. The first kappa shape index (κ1) is 17.1. The maximum absolute atomic E-state index is 14.5. The number of rotatable bonds is 4. The summed E-state index contributed by atoms with van der Waals surface area (Å²) in [6, 6.07) is 1.73. The molecule has 5 rings (SSSR count). The molecule has 4 aromatic heterocycles. The van der Waals surface area contributed by atoms with E-state index in [2.05, 4.69) is 25.3 Å². The van der Waals surface area contributed by atoms with Crippen molar-refractivity contribution in [1.29, 1.82) is 0 Å². The van der Waals surface area contributed by atoms with Crippen LogP contribution in [0.15, 0.2) is 30.9 Å². The van der Waals surface area contributed by atoms with Gasteiger partial charge in [0, 0.05) is 54.4 Å². The Labute approximate surface area is 159 Å². The number of aromatic nitrogens is 5. The SMILES string of the molecule is OCc1cnc2c(F)cc(-c3c[nH]c4nc(NC5CCOCC5)ncc34)cn12. The van der Waals surface area contributed by atoms with Gasteiger partial charge in [0.1, 0.15) is 5.65 Å². The van der Waals surface area contributed by atoms with Crippen molar-refractivity contribution in [3.8, 4) is 11.1 Å². The highest BCUT2D eigenvalue weighted by atomic mass is 19.1. The third-order valence-corrected chi connectivity index (χ3v) is 5.10. The number of ether oxygens (including phenoxy) is 1. The summed E-state index contributed by atoms with van der Waals surface area (Å²) in [5.74, 6) is 0.108. The highest BCUT2D eigenvalue weighted by Crippen LogP contribution is 2.29. The molecule has 0 aliphatic carbocycles. The molecule has 1 aliphatic rings. The molecule has 9 heteroatoms. The minimum atomic E-state index is -0.453. The summed E-state index contributed by atoms with van der Waals surface area (Å²) in [5, 5.41) is 13.6. The lowest BCUT2D eigenvalue weighted by Crippen LogP contribution is -2.28. The van der Waals surface area contributed by atoms with Crippen molar-refractivity contribution in [2.45, 2.75) is 25.5 Å². The van der Waals surface area contributed by atoms with Crippen molar-refractivity contribution in [1.82, 2.24) is 24.3 Å². The van der Waals surface area contributed by atoms with Gasteiger partial charge in [-0.25, -0.2) is 14.4 Å². The summed E-state index contributed by atoms with van der Waals surface area (Å²) in [7, 11) is 0. The van der Waals surface area contributed by atoms with Gasteiger partial charge in [0.2, 0.25) is 5.95 Å². The van der Waals surface area contributed by atoms with Gasteiger partial charge in [-0.15, -0.1) is 0 Å². The van der Waals surface area contributed by atoms with E-state index in [1.165, 1.54) is 12.3 Å². The van der Waals surface area contributed by atoms with Gasteiger partial charge in [0.25, 0.3) is 0 Å².